The molecule has 1 fully saturated rings. The topological polar surface area (TPSA) is 15.3 Å². The van der Waals surface area contributed by atoms with E-state index in [1.807, 2.05) is 0 Å². The molecule has 84 valence electrons. The summed E-state index contributed by atoms with van der Waals surface area (Å²) in [6.45, 7) is 4.63. The van der Waals surface area contributed by atoms with E-state index < -0.39 is 0 Å². The quantitative estimate of drug-likeness (QED) is 0.729. The molecule has 1 aliphatic rings. The summed E-state index contributed by atoms with van der Waals surface area (Å²) in [4.78, 5) is 2.41. The van der Waals surface area contributed by atoms with E-state index in [9.17, 15) is 0 Å². The molecule has 14 heavy (non-hydrogen) atoms. The van der Waals surface area contributed by atoms with Gasteiger partial charge in [0, 0.05) is 5.54 Å². The Morgan fingerprint density at radius 1 is 1.21 bits per heavy atom. The molecule has 1 rings (SSSR count). The minimum atomic E-state index is 0.460. The van der Waals surface area contributed by atoms with Gasteiger partial charge in [0.15, 0.2) is 0 Å². The molecule has 0 aromatic rings. The lowest BCUT2D eigenvalue weighted by Gasteiger charge is -2.38. The highest BCUT2D eigenvalue weighted by molar-refractivity contribution is 4.90. The summed E-state index contributed by atoms with van der Waals surface area (Å²) in [6.07, 6.45) is 8.33. The SMILES string of the molecule is CCN(C)CCC1(NC)CCCCC1. The lowest BCUT2D eigenvalue weighted by atomic mass is 9.79. The summed E-state index contributed by atoms with van der Waals surface area (Å²) in [6, 6.07) is 0. The predicted molar refractivity (Wildman–Crippen MR) is 62.7 cm³/mol. The third-order valence-electron chi connectivity index (χ3n) is 3.85. The molecule has 1 saturated carbocycles. The highest BCUT2D eigenvalue weighted by Crippen LogP contribution is 2.30. The first-order valence-corrected chi connectivity index (χ1v) is 6.10. The van der Waals surface area contributed by atoms with Crippen molar-refractivity contribution in [2.24, 2.45) is 0 Å². The highest BCUT2D eigenvalue weighted by atomic mass is 15.1. The van der Waals surface area contributed by atoms with Crippen LogP contribution in [-0.2, 0) is 0 Å². The molecule has 0 amide bonds. The summed E-state index contributed by atoms with van der Waals surface area (Å²) < 4.78 is 0. The smallest absolute Gasteiger partial charge is 0.0190 e. The fourth-order valence-corrected chi connectivity index (χ4v) is 2.42. The standard InChI is InChI=1S/C12H26N2/c1-4-14(3)11-10-12(13-2)8-6-5-7-9-12/h13H,4-11H2,1-3H3. The van der Waals surface area contributed by atoms with Gasteiger partial charge in [-0.05, 0) is 46.4 Å². The zero-order valence-electron chi connectivity index (χ0n) is 10.1. The van der Waals surface area contributed by atoms with Crippen LogP contribution in [0.2, 0.25) is 0 Å². The number of nitrogens with zero attached hydrogens (tertiary/aromatic N) is 1. The minimum Gasteiger partial charge on any atom is -0.314 e. The monoisotopic (exact) mass is 198 g/mol. The Hall–Kier alpha value is -0.0800. The maximum atomic E-state index is 3.57. The number of hydrogen-bond acceptors (Lipinski definition) is 2. The van der Waals surface area contributed by atoms with Crippen LogP contribution >= 0.6 is 0 Å². The van der Waals surface area contributed by atoms with Gasteiger partial charge in [0.05, 0.1) is 0 Å². The van der Waals surface area contributed by atoms with E-state index in [1.54, 1.807) is 0 Å². The van der Waals surface area contributed by atoms with Crippen LogP contribution in [0.5, 0.6) is 0 Å². The molecule has 0 aromatic heterocycles. The van der Waals surface area contributed by atoms with Gasteiger partial charge < -0.3 is 10.2 Å². The summed E-state index contributed by atoms with van der Waals surface area (Å²) in [7, 11) is 4.35. The molecule has 0 unspecified atom stereocenters. The lowest BCUT2D eigenvalue weighted by molar-refractivity contribution is 0.199. The van der Waals surface area contributed by atoms with Crippen LogP contribution in [0, 0.1) is 0 Å². The summed E-state index contributed by atoms with van der Waals surface area (Å²) in [5.74, 6) is 0. The maximum Gasteiger partial charge on any atom is 0.0190 e. The highest BCUT2D eigenvalue weighted by Gasteiger charge is 2.29. The van der Waals surface area contributed by atoms with E-state index >= 15 is 0 Å². The predicted octanol–water partition coefficient (Wildman–Crippen LogP) is 2.25. The summed E-state index contributed by atoms with van der Waals surface area (Å²) in [5, 5.41) is 3.57. The second kappa shape index (κ2) is 5.72. The van der Waals surface area contributed by atoms with Gasteiger partial charge in [-0.2, -0.15) is 0 Å². The van der Waals surface area contributed by atoms with Crippen LogP contribution in [0.25, 0.3) is 0 Å². The van der Waals surface area contributed by atoms with Crippen molar-refractivity contribution in [1.82, 2.24) is 10.2 Å². The van der Waals surface area contributed by atoms with Crippen LogP contribution in [0.3, 0.4) is 0 Å². The third-order valence-corrected chi connectivity index (χ3v) is 3.85. The van der Waals surface area contributed by atoms with E-state index in [0.29, 0.717) is 5.54 Å². The first-order valence-electron chi connectivity index (χ1n) is 6.10. The normalized spacial score (nSPS) is 21.4. The van der Waals surface area contributed by atoms with Crippen LogP contribution < -0.4 is 5.32 Å². The Bertz CT molecular complexity index is 150. The van der Waals surface area contributed by atoms with Gasteiger partial charge in [-0.3, -0.25) is 0 Å². The Morgan fingerprint density at radius 2 is 1.86 bits per heavy atom. The zero-order valence-corrected chi connectivity index (χ0v) is 10.1. The molecule has 0 aromatic carbocycles. The Morgan fingerprint density at radius 3 is 2.36 bits per heavy atom. The van der Waals surface area contributed by atoms with Crippen molar-refractivity contribution >= 4 is 0 Å². The molecule has 0 atom stereocenters. The van der Waals surface area contributed by atoms with Gasteiger partial charge in [-0.25, -0.2) is 0 Å². The second-order valence-corrected chi connectivity index (χ2v) is 4.74. The van der Waals surface area contributed by atoms with Gasteiger partial charge in [-0.1, -0.05) is 26.2 Å². The molecule has 0 spiro atoms. The molecule has 2 heteroatoms. The number of nitrogens with one attached hydrogen (secondary N) is 1. The average molecular weight is 198 g/mol. The average Bonchev–Trinajstić information content (AvgIpc) is 2.27. The van der Waals surface area contributed by atoms with Crippen LogP contribution in [-0.4, -0.2) is 37.6 Å². The molecule has 0 aliphatic heterocycles. The van der Waals surface area contributed by atoms with Gasteiger partial charge in [-0.15, -0.1) is 0 Å². The van der Waals surface area contributed by atoms with Crippen molar-refractivity contribution in [1.29, 1.82) is 0 Å². The van der Waals surface area contributed by atoms with Gasteiger partial charge in [0.25, 0.3) is 0 Å². The third kappa shape index (κ3) is 3.25. The first kappa shape index (κ1) is 12.0. The second-order valence-electron chi connectivity index (χ2n) is 4.74. The molecular weight excluding hydrogens is 172 g/mol. The fraction of sp³-hybridized carbons (Fsp3) is 1.00. The molecule has 0 bridgehead atoms. The Kier molecular flexibility index (Phi) is 4.90. The molecule has 0 saturated heterocycles. The molecular formula is C12H26N2. The van der Waals surface area contributed by atoms with Crippen LogP contribution in [0.1, 0.15) is 45.4 Å². The molecule has 1 aliphatic carbocycles. The summed E-state index contributed by atoms with van der Waals surface area (Å²) >= 11 is 0. The largest absolute Gasteiger partial charge is 0.314 e. The summed E-state index contributed by atoms with van der Waals surface area (Å²) in [5.41, 5.74) is 0.460. The van der Waals surface area contributed by atoms with Crippen molar-refractivity contribution in [2.45, 2.75) is 51.0 Å². The Labute approximate surface area is 89.1 Å². The molecule has 0 heterocycles. The number of hydrogen-bond donors (Lipinski definition) is 1. The van der Waals surface area contributed by atoms with Crippen LogP contribution in [0.15, 0.2) is 0 Å². The van der Waals surface area contributed by atoms with E-state index in [0.717, 1.165) is 0 Å². The molecule has 0 radical (unpaired) electrons. The van der Waals surface area contributed by atoms with E-state index in [4.69, 9.17) is 0 Å². The van der Waals surface area contributed by atoms with Gasteiger partial charge >= 0.3 is 0 Å². The minimum absolute atomic E-state index is 0.460. The Balaban J connectivity index is 2.36. The molecule has 2 nitrogen and oxygen atoms in total. The zero-order chi connectivity index (χ0) is 10.4. The van der Waals surface area contributed by atoms with Crippen molar-refractivity contribution in [3.63, 3.8) is 0 Å². The van der Waals surface area contributed by atoms with E-state index in [2.05, 4.69) is 31.2 Å². The van der Waals surface area contributed by atoms with Gasteiger partial charge in [0.2, 0.25) is 0 Å². The van der Waals surface area contributed by atoms with E-state index in [-0.39, 0.29) is 0 Å². The number of rotatable bonds is 5. The van der Waals surface area contributed by atoms with Crippen LogP contribution in [0.4, 0.5) is 0 Å². The fourth-order valence-electron chi connectivity index (χ4n) is 2.42. The van der Waals surface area contributed by atoms with Crippen molar-refractivity contribution < 1.29 is 0 Å². The van der Waals surface area contributed by atoms with Crippen molar-refractivity contribution in [2.75, 3.05) is 27.2 Å². The molecule has 1 N–H and O–H groups in total. The van der Waals surface area contributed by atoms with Gasteiger partial charge in [0.1, 0.15) is 0 Å². The van der Waals surface area contributed by atoms with Crippen molar-refractivity contribution in [3.8, 4) is 0 Å². The first-order chi connectivity index (χ1) is 6.72. The van der Waals surface area contributed by atoms with Crippen molar-refractivity contribution in [3.05, 3.63) is 0 Å². The lowest BCUT2D eigenvalue weighted by Crippen LogP contribution is -2.46. The maximum absolute atomic E-state index is 3.57. The van der Waals surface area contributed by atoms with E-state index in [1.165, 1.54) is 51.6 Å².